The number of aryl methyl sites for hydroxylation is 1. The van der Waals surface area contributed by atoms with Crippen LogP contribution in [0.1, 0.15) is 42.1 Å². The topological polar surface area (TPSA) is 29.1 Å². The second-order valence-electron chi connectivity index (χ2n) is 4.16. The first-order valence-electron chi connectivity index (χ1n) is 5.69. The third-order valence-electron chi connectivity index (χ3n) is 3.04. The van der Waals surface area contributed by atoms with Gasteiger partial charge in [0.25, 0.3) is 5.91 Å². The summed E-state index contributed by atoms with van der Waals surface area (Å²) in [5.74, 6) is 0.0787. The maximum absolute atomic E-state index is 11.8. The van der Waals surface area contributed by atoms with Crippen LogP contribution in [0.25, 0.3) is 0 Å². The van der Waals surface area contributed by atoms with Gasteiger partial charge in [-0.3, -0.25) is 4.79 Å². The fourth-order valence-electron chi connectivity index (χ4n) is 1.75. The molecule has 1 N–H and O–H groups in total. The number of benzene rings is 1. The summed E-state index contributed by atoms with van der Waals surface area (Å²) < 4.78 is 0. The number of amides is 1. The molecule has 0 radical (unpaired) electrons. The van der Waals surface area contributed by atoms with Gasteiger partial charge in [-0.15, -0.1) is 0 Å². The zero-order valence-corrected chi connectivity index (χ0v) is 9.12. The summed E-state index contributed by atoms with van der Waals surface area (Å²) in [7, 11) is 0. The van der Waals surface area contributed by atoms with E-state index in [1.807, 2.05) is 18.2 Å². The van der Waals surface area contributed by atoms with Crippen molar-refractivity contribution < 1.29 is 4.79 Å². The van der Waals surface area contributed by atoms with E-state index in [-0.39, 0.29) is 5.91 Å². The number of hydrogen-bond donors (Lipinski definition) is 1. The lowest BCUT2D eigenvalue weighted by atomic mass is 9.93. The lowest BCUT2D eigenvalue weighted by Crippen LogP contribution is -2.39. The molecule has 0 atom stereocenters. The van der Waals surface area contributed by atoms with Crippen LogP contribution < -0.4 is 5.32 Å². The highest BCUT2D eigenvalue weighted by molar-refractivity contribution is 5.94. The van der Waals surface area contributed by atoms with Gasteiger partial charge in [-0.25, -0.2) is 0 Å². The van der Waals surface area contributed by atoms with Crippen LogP contribution in [0.3, 0.4) is 0 Å². The highest BCUT2D eigenvalue weighted by Crippen LogP contribution is 2.18. The van der Waals surface area contributed by atoms with Crippen molar-refractivity contribution in [2.75, 3.05) is 0 Å². The minimum absolute atomic E-state index is 0.0787. The smallest absolute Gasteiger partial charge is 0.251 e. The summed E-state index contributed by atoms with van der Waals surface area (Å²) in [6.07, 6.45) is 4.50. The van der Waals surface area contributed by atoms with Gasteiger partial charge in [0.2, 0.25) is 0 Å². The van der Waals surface area contributed by atoms with Crippen LogP contribution in [0, 0.1) is 0 Å². The molecule has 1 amide bonds. The Morgan fingerprint density at radius 3 is 2.87 bits per heavy atom. The predicted octanol–water partition coefficient (Wildman–Crippen LogP) is 2.53. The molecule has 0 unspecified atom stereocenters. The quantitative estimate of drug-likeness (QED) is 0.803. The van der Waals surface area contributed by atoms with Gasteiger partial charge in [0, 0.05) is 11.6 Å². The zero-order chi connectivity index (χ0) is 10.7. The maximum atomic E-state index is 11.8. The number of carbonyl (C=O) groups is 1. The molecule has 1 aliphatic rings. The molecule has 1 aliphatic carbocycles. The lowest BCUT2D eigenvalue weighted by Gasteiger charge is -2.26. The van der Waals surface area contributed by atoms with Crippen LogP contribution >= 0.6 is 0 Å². The molecule has 15 heavy (non-hydrogen) atoms. The summed E-state index contributed by atoms with van der Waals surface area (Å²) in [5.41, 5.74) is 2.01. The van der Waals surface area contributed by atoms with Crippen LogP contribution in [0.4, 0.5) is 0 Å². The first-order valence-corrected chi connectivity index (χ1v) is 5.69. The molecule has 0 aromatic heterocycles. The monoisotopic (exact) mass is 203 g/mol. The van der Waals surface area contributed by atoms with Gasteiger partial charge in [-0.1, -0.05) is 19.1 Å². The standard InChI is InChI=1S/C13H17NO/c1-2-10-5-3-6-11(9-10)13(15)14-12-7-4-8-12/h3,5-6,9,12H,2,4,7-8H2,1H3,(H,14,15). The summed E-state index contributed by atoms with van der Waals surface area (Å²) in [6, 6.07) is 8.29. The largest absolute Gasteiger partial charge is 0.349 e. The van der Waals surface area contributed by atoms with E-state index < -0.39 is 0 Å². The van der Waals surface area contributed by atoms with Crippen molar-refractivity contribution in [1.29, 1.82) is 0 Å². The fraction of sp³-hybridized carbons (Fsp3) is 0.462. The average Bonchev–Trinajstić information content (AvgIpc) is 2.23. The van der Waals surface area contributed by atoms with Gasteiger partial charge >= 0.3 is 0 Å². The molecule has 1 aromatic carbocycles. The van der Waals surface area contributed by atoms with Crippen molar-refractivity contribution in [3.8, 4) is 0 Å². The first-order chi connectivity index (χ1) is 7.29. The van der Waals surface area contributed by atoms with Crippen molar-refractivity contribution in [3.63, 3.8) is 0 Å². The maximum Gasteiger partial charge on any atom is 0.251 e. The number of carbonyl (C=O) groups excluding carboxylic acids is 1. The molecule has 80 valence electrons. The van der Waals surface area contributed by atoms with Crippen LogP contribution in [0.2, 0.25) is 0 Å². The van der Waals surface area contributed by atoms with E-state index in [0.717, 1.165) is 24.8 Å². The second-order valence-corrected chi connectivity index (χ2v) is 4.16. The predicted molar refractivity (Wildman–Crippen MR) is 60.9 cm³/mol. The van der Waals surface area contributed by atoms with Gasteiger partial charge in [0.1, 0.15) is 0 Å². The highest BCUT2D eigenvalue weighted by atomic mass is 16.1. The van der Waals surface area contributed by atoms with E-state index in [9.17, 15) is 4.79 Å². The molecule has 1 fully saturated rings. The third kappa shape index (κ3) is 2.38. The molecule has 0 bridgehead atoms. The molecule has 2 nitrogen and oxygen atoms in total. The van der Waals surface area contributed by atoms with Crippen LogP contribution in [-0.2, 0) is 6.42 Å². The van der Waals surface area contributed by atoms with Gasteiger partial charge < -0.3 is 5.32 Å². The Morgan fingerprint density at radius 1 is 1.47 bits per heavy atom. The van der Waals surface area contributed by atoms with Crippen molar-refractivity contribution in [1.82, 2.24) is 5.32 Å². The molecule has 0 saturated heterocycles. The van der Waals surface area contributed by atoms with E-state index in [1.54, 1.807) is 0 Å². The summed E-state index contributed by atoms with van der Waals surface area (Å²) in [6.45, 7) is 2.10. The van der Waals surface area contributed by atoms with Gasteiger partial charge in [-0.2, -0.15) is 0 Å². The summed E-state index contributed by atoms with van der Waals surface area (Å²) >= 11 is 0. The second kappa shape index (κ2) is 4.47. The molecule has 0 heterocycles. The first kappa shape index (κ1) is 10.2. The molecule has 1 saturated carbocycles. The number of nitrogens with one attached hydrogen (secondary N) is 1. The van der Waals surface area contributed by atoms with Crippen LogP contribution in [0.5, 0.6) is 0 Å². The van der Waals surface area contributed by atoms with Crippen LogP contribution in [-0.4, -0.2) is 11.9 Å². The fourth-order valence-corrected chi connectivity index (χ4v) is 1.75. The molecule has 0 spiro atoms. The van der Waals surface area contributed by atoms with Crippen molar-refractivity contribution in [2.45, 2.75) is 38.6 Å². The number of rotatable bonds is 3. The van der Waals surface area contributed by atoms with E-state index >= 15 is 0 Å². The van der Waals surface area contributed by atoms with Crippen molar-refractivity contribution in [2.24, 2.45) is 0 Å². The Kier molecular flexibility index (Phi) is 3.05. The van der Waals surface area contributed by atoms with E-state index in [4.69, 9.17) is 0 Å². The SMILES string of the molecule is CCc1cccc(C(=O)NC2CCC2)c1. The zero-order valence-electron chi connectivity index (χ0n) is 9.12. The van der Waals surface area contributed by atoms with E-state index in [2.05, 4.69) is 18.3 Å². The minimum atomic E-state index is 0.0787. The highest BCUT2D eigenvalue weighted by Gasteiger charge is 2.19. The van der Waals surface area contributed by atoms with Gasteiger partial charge in [0.05, 0.1) is 0 Å². The van der Waals surface area contributed by atoms with Crippen molar-refractivity contribution in [3.05, 3.63) is 35.4 Å². The molecule has 1 aromatic rings. The molecular weight excluding hydrogens is 186 g/mol. The van der Waals surface area contributed by atoms with Crippen LogP contribution in [0.15, 0.2) is 24.3 Å². The van der Waals surface area contributed by atoms with Gasteiger partial charge in [-0.05, 0) is 43.4 Å². The summed E-state index contributed by atoms with van der Waals surface area (Å²) in [5, 5.41) is 3.05. The Morgan fingerprint density at radius 2 is 2.27 bits per heavy atom. The molecule has 2 heteroatoms. The van der Waals surface area contributed by atoms with Gasteiger partial charge in [0.15, 0.2) is 0 Å². The van der Waals surface area contributed by atoms with E-state index in [1.165, 1.54) is 12.0 Å². The van der Waals surface area contributed by atoms with Crippen molar-refractivity contribution >= 4 is 5.91 Å². The molecular formula is C13H17NO. The Bertz CT molecular complexity index is 355. The Balaban J connectivity index is 2.03. The molecule has 2 rings (SSSR count). The minimum Gasteiger partial charge on any atom is -0.349 e. The Labute approximate surface area is 90.7 Å². The average molecular weight is 203 g/mol. The van der Waals surface area contributed by atoms with E-state index in [0.29, 0.717) is 6.04 Å². The lowest BCUT2D eigenvalue weighted by molar-refractivity contribution is 0.0917. The number of hydrogen-bond acceptors (Lipinski definition) is 1. The normalized spacial score (nSPS) is 15.8. The summed E-state index contributed by atoms with van der Waals surface area (Å²) in [4.78, 5) is 11.8. The Hall–Kier alpha value is -1.31. The molecule has 0 aliphatic heterocycles. The third-order valence-corrected chi connectivity index (χ3v) is 3.04.